The van der Waals surface area contributed by atoms with Crippen molar-refractivity contribution in [2.24, 2.45) is 0 Å². The van der Waals surface area contributed by atoms with Gasteiger partial charge in [-0.15, -0.1) is 0 Å². The summed E-state index contributed by atoms with van der Waals surface area (Å²) in [5.74, 6) is -2.19. The van der Waals surface area contributed by atoms with Gasteiger partial charge in [0, 0.05) is 12.1 Å². The highest BCUT2D eigenvalue weighted by Crippen LogP contribution is 2.29. The zero-order valence-corrected chi connectivity index (χ0v) is 19.0. The number of furan rings is 1. The van der Waals surface area contributed by atoms with Crippen LogP contribution in [0.25, 0.3) is 0 Å². The van der Waals surface area contributed by atoms with E-state index in [1.54, 1.807) is 12.1 Å². The number of carbonyl (C=O) groups excluding carboxylic acids is 4. The van der Waals surface area contributed by atoms with E-state index >= 15 is 0 Å². The van der Waals surface area contributed by atoms with E-state index in [-0.39, 0.29) is 40.4 Å². The molecule has 3 aromatic rings. The number of methoxy groups -OCH3 is 1. The average molecular weight is 493 g/mol. The number of imide groups is 1. The number of hydrogen-bond donors (Lipinski definition) is 1. The van der Waals surface area contributed by atoms with Gasteiger partial charge in [-0.2, -0.15) is 0 Å². The van der Waals surface area contributed by atoms with Crippen LogP contribution in [0, 0.1) is 10.1 Å². The van der Waals surface area contributed by atoms with Gasteiger partial charge in [-0.05, 0) is 43.3 Å². The number of amides is 3. The van der Waals surface area contributed by atoms with Gasteiger partial charge in [-0.1, -0.05) is 0 Å². The van der Waals surface area contributed by atoms with Crippen LogP contribution in [-0.4, -0.2) is 46.7 Å². The van der Waals surface area contributed by atoms with Crippen molar-refractivity contribution >= 4 is 35.1 Å². The Balaban J connectivity index is 1.45. The molecule has 184 valence electrons. The minimum absolute atomic E-state index is 0.0258. The van der Waals surface area contributed by atoms with Crippen LogP contribution in [0.3, 0.4) is 0 Å². The molecule has 12 nitrogen and oxygen atoms in total. The van der Waals surface area contributed by atoms with Crippen molar-refractivity contribution in [2.75, 3.05) is 12.4 Å². The Morgan fingerprint density at radius 3 is 2.53 bits per heavy atom. The maximum absolute atomic E-state index is 12.8. The normalized spacial score (nSPS) is 13.2. The van der Waals surface area contributed by atoms with E-state index in [0.717, 1.165) is 11.0 Å². The topological polar surface area (TPSA) is 158 Å². The second-order valence-corrected chi connectivity index (χ2v) is 7.71. The molecule has 12 heteroatoms. The Hall–Kier alpha value is -5.00. The third-order valence-corrected chi connectivity index (χ3v) is 5.41. The van der Waals surface area contributed by atoms with Crippen LogP contribution in [0.1, 0.15) is 43.8 Å². The molecule has 4 rings (SSSR count). The smallest absolute Gasteiger partial charge is 0.338 e. The summed E-state index contributed by atoms with van der Waals surface area (Å²) in [6.45, 7) is 1.25. The van der Waals surface area contributed by atoms with Crippen LogP contribution in [0.15, 0.2) is 59.2 Å². The second kappa shape index (κ2) is 9.70. The van der Waals surface area contributed by atoms with Crippen LogP contribution in [0.2, 0.25) is 0 Å². The number of benzene rings is 2. The predicted octanol–water partition coefficient (Wildman–Crippen LogP) is 3.18. The van der Waals surface area contributed by atoms with Gasteiger partial charge >= 0.3 is 5.97 Å². The largest absolute Gasteiger partial charge is 0.495 e. The molecule has 0 radical (unpaired) electrons. The van der Waals surface area contributed by atoms with Crippen LogP contribution in [0.4, 0.5) is 11.4 Å². The number of fused-ring (bicyclic) bond motifs is 1. The molecule has 0 saturated carbocycles. The zero-order chi connectivity index (χ0) is 26.0. The first-order valence-corrected chi connectivity index (χ1v) is 10.6. The Morgan fingerprint density at radius 1 is 1.11 bits per heavy atom. The van der Waals surface area contributed by atoms with E-state index in [9.17, 15) is 29.3 Å². The van der Waals surface area contributed by atoms with Crippen LogP contribution < -0.4 is 10.1 Å². The van der Waals surface area contributed by atoms with Gasteiger partial charge in [0.15, 0.2) is 6.10 Å². The molecule has 2 aromatic carbocycles. The summed E-state index contributed by atoms with van der Waals surface area (Å²) in [6.07, 6.45) is 0.121. The number of nitrogens with one attached hydrogen (secondary N) is 1. The quantitative estimate of drug-likeness (QED) is 0.215. The van der Waals surface area contributed by atoms with E-state index in [1.165, 1.54) is 50.6 Å². The fraction of sp³-hybridized carbons (Fsp3) is 0.167. The molecule has 1 atom stereocenters. The van der Waals surface area contributed by atoms with Gasteiger partial charge in [0.2, 0.25) is 0 Å². The predicted molar refractivity (Wildman–Crippen MR) is 123 cm³/mol. The molecule has 0 saturated heterocycles. The first-order chi connectivity index (χ1) is 17.2. The van der Waals surface area contributed by atoms with Crippen molar-refractivity contribution in [1.29, 1.82) is 0 Å². The number of anilines is 1. The number of carbonyl (C=O) groups is 4. The number of hydrogen-bond acceptors (Lipinski definition) is 9. The third kappa shape index (κ3) is 4.64. The zero-order valence-electron chi connectivity index (χ0n) is 19.0. The van der Waals surface area contributed by atoms with Gasteiger partial charge in [0.05, 0.1) is 47.2 Å². The maximum atomic E-state index is 12.8. The van der Waals surface area contributed by atoms with E-state index in [4.69, 9.17) is 13.9 Å². The molecule has 3 amide bonds. The minimum Gasteiger partial charge on any atom is -0.495 e. The summed E-state index contributed by atoms with van der Waals surface area (Å²) < 4.78 is 15.5. The molecule has 1 aliphatic heterocycles. The van der Waals surface area contributed by atoms with Gasteiger partial charge in [-0.3, -0.25) is 29.4 Å². The van der Waals surface area contributed by atoms with Crippen molar-refractivity contribution in [3.63, 3.8) is 0 Å². The Kier molecular flexibility index (Phi) is 6.50. The van der Waals surface area contributed by atoms with Crippen molar-refractivity contribution in [3.8, 4) is 5.75 Å². The average Bonchev–Trinajstić information content (AvgIpc) is 3.46. The first kappa shape index (κ1) is 24.1. The van der Waals surface area contributed by atoms with Crippen LogP contribution in [0.5, 0.6) is 5.75 Å². The van der Waals surface area contributed by atoms with E-state index in [2.05, 4.69) is 5.32 Å². The Morgan fingerprint density at radius 2 is 1.86 bits per heavy atom. The molecule has 0 aliphatic carbocycles. The number of nitro groups is 1. The lowest BCUT2D eigenvalue weighted by Crippen LogP contribution is -2.30. The minimum atomic E-state index is -1.30. The van der Waals surface area contributed by atoms with Crippen molar-refractivity contribution in [3.05, 3.63) is 87.4 Å². The lowest BCUT2D eigenvalue weighted by molar-refractivity contribution is -0.384. The molecule has 0 spiro atoms. The third-order valence-electron chi connectivity index (χ3n) is 5.41. The number of esters is 1. The van der Waals surface area contributed by atoms with E-state index in [1.807, 2.05) is 0 Å². The molecule has 0 unspecified atom stereocenters. The van der Waals surface area contributed by atoms with Crippen LogP contribution in [-0.2, 0) is 16.1 Å². The molecule has 1 N–H and O–H groups in total. The first-order valence-electron chi connectivity index (χ1n) is 10.6. The lowest BCUT2D eigenvalue weighted by Gasteiger charge is -2.15. The SMILES string of the molecule is COc1ccc([N+](=O)[O-])cc1NC(=O)[C@H](C)OC(=O)c1ccc2c(c1)C(=O)N(Cc1ccco1)C2=O. The molecular weight excluding hydrogens is 474 g/mol. The summed E-state index contributed by atoms with van der Waals surface area (Å²) in [7, 11) is 1.33. The summed E-state index contributed by atoms with van der Waals surface area (Å²) in [5.41, 5.74) is -0.125. The highest BCUT2D eigenvalue weighted by Gasteiger charge is 2.36. The number of nitrogens with zero attached hydrogens (tertiary/aromatic N) is 2. The fourth-order valence-electron chi connectivity index (χ4n) is 3.54. The molecule has 1 aliphatic rings. The number of nitro benzene ring substituents is 1. The summed E-state index contributed by atoms with van der Waals surface area (Å²) in [5, 5.41) is 13.5. The van der Waals surface area contributed by atoms with Crippen molar-refractivity contribution in [2.45, 2.75) is 19.6 Å². The lowest BCUT2D eigenvalue weighted by atomic mass is 10.1. The molecule has 2 heterocycles. The Labute approximate surface area is 203 Å². The van der Waals surface area contributed by atoms with E-state index < -0.39 is 34.7 Å². The summed E-state index contributed by atoms with van der Waals surface area (Å²) in [6, 6.07) is 10.8. The Bertz CT molecular complexity index is 1380. The number of rotatable bonds is 8. The van der Waals surface area contributed by atoms with Gasteiger partial charge < -0.3 is 19.2 Å². The highest BCUT2D eigenvalue weighted by molar-refractivity contribution is 6.21. The van der Waals surface area contributed by atoms with Gasteiger partial charge in [-0.25, -0.2) is 4.79 Å². The van der Waals surface area contributed by atoms with E-state index in [0.29, 0.717) is 5.76 Å². The van der Waals surface area contributed by atoms with Gasteiger partial charge in [0.25, 0.3) is 23.4 Å². The maximum Gasteiger partial charge on any atom is 0.338 e. The number of non-ortho nitro benzene ring substituents is 1. The summed E-state index contributed by atoms with van der Waals surface area (Å²) >= 11 is 0. The van der Waals surface area contributed by atoms with Gasteiger partial charge in [0.1, 0.15) is 11.5 Å². The monoisotopic (exact) mass is 493 g/mol. The molecule has 0 bridgehead atoms. The molecule has 36 heavy (non-hydrogen) atoms. The second-order valence-electron chi connectivity index (χ2n) is 7.71. The fourth-order valence-corrected chi connectivity index (χ4v) is 3.54. The molecule has 0 fully saturated rings. The number of ether oxygens (including phenoxy) is 2. The standard InChI is InChI=1S/C24H19N3O9/c1-13(21(28)25-19-11-15(27(32)33)6-8-20(19)34-2)36-24(31)14-5-7-17-18(10-14)23(30)26(22(17)29)12-16-4-3-9-35-16/h3-11,13H,12H2,1-2H3,(H,25,28)/t13-/m0/s1. The molecule has 1 aromatic heterocycles. The van der Waals surface area contributed by atoms with Crippen molar-refractivity contribution < 1.29 is 38.0 Å². The van der Waals surface area contributed by atoms with Crippen molar-refractivity contribution in [1.82, 2.24) is 4.90 Å². The summed E-state index contributed by atoms with van der Waals surface area (Å²) in [4.78, 5) is 62.0. The highest BCUT2D eigenvalue weighted by atomic mass is 16.6. The van der Waals surface area contributed by atoms with Crippen LogP contribution >= 0.6 is 0 Å². The molecular formula is C24H19N3O9.